The quantitative estimate of drug-likeness (QED) is 0.345. The first kappa shape index (κ1) is 24.3. The van der Waals surface area contributed by atoms with Gasteiger partial charge in [0.15, 0.2) is 17.0 Å². The van der Waals surface area contributed by atoms with Crippen LogP contribution in [-0.2, 0) is 16.0 Å². The monoisotopic (exact) mass is 520 g/mol. The van der Waals surface area contributed by atoms with E-state index >= 15 is 0 Å². The van der Waals surface area contributed by atoms with Gasteiger partial charge in [0.25, 0.3) is 5.91 Å². The maximum absolute atomic E-state index is 14.1. The van der Waals surface area contributed by atoms with Crippen LogP contribution in [0.3, 0.4) is 0 Å². The minimum atomic E-state index is -2.08. The number of hydrogen-bond acceptors (Lipinski definition) is 10. The van der Waals surface area contributed by atoms with E-state index < -0.39 is 46.1 Å². The lowest BCUT2D eigenvalue weighted by atomic mass is 9.53. The summed E-state index contributed by atoms with van der Waals surface area (Å²) in [5, 5.41) is 45.1. The van der Waals surface area contributed by atoms with Crippen molar-refractivity contribution in [2.45, 2.75) is 30.5 Å². The molecular formula is C27H28N4O7. The van der Waals surface area contributed by atoms with Crippen molar-refractivity contribution in [3.05, 3.63) is 58.2 Å². The predicted octanol–water partition coefficient (Wildman–Crippen LogP) is 1.49. The number of fused-ring (bicyclic) bond motifs is 2. The molecule has 1 aromatic carbocycles. The van der Waals surface area contributed by atoms with Crippen LogP contribution in [0, 0.1) is 11.8 Å². The summed E-state index contributed by atoms with van der Waals surface area (Å²) >= 11 is 0. The lowest BCUT2D eigenvalue weighted by Crippen LogP contribution is -2.77. The van der Waals surface area contributed by atoms with Crippen LogP contribution in [0.4, 0.5) is 11.5 Å². The summed E-state index contributed by atoms with van der Waals surface area (Å²) in [5.74, 6) is -3.47. The molecule has 1 spiro atoms. The molecule has 198 valence electrons. The summed E-state index contributed by atoms with van der Waals surface area (Å²) < 4.78 is 5.80. The Morgan fingerprint density at radius 1 is 1.21 bits per heavy atom. The highest BCUT2D eigenvalue weighted by Gasteiger charge is 2.74. The molecule has 11 nitrogen and oxygen atoms in total. The van der Waals surface area contributed by atoms with Crippen molar-refractivity contribution < 1.29 is 34.8 Å². The second kappa shape index (κ2) is 7.71. The number of aliphatic hydroxyl groups excluding tert-OH is 2. The Balaban J connectivity index is 1.56. The molecule has 4 atom stereocenters. The van der Waals surface area contributed by atoms with Crippen molar-refractivity contribution in [2.75, 3.05) is 31.3 Å². The molecule has 11 heteroatoms. The molecule has 1 amide bonds. The lowest BCUT2D eigenvalue weighted by molar-refractivity contribution is -0.311. The van der Waals surface area contributed by atoms with Gasteiger partial charge in [0.2, 0.25) is 0 Å². The number of hydrogen-bond donors (Lipinski definition) is 6. The van der Waals surface area contributed by atoms with Gasteiger partial charge in [-0.3, -0.25) is 9.59 Å². The number of nitrogen functional groups attached to an aromatic ring is 1. The lowest BCUT2D eigenvalue weighted by Gasteiger charge is -2.63. The number of nitrogens with zero attached hydrogens (tertiary/aromatic N) is 2. The van der Waals surface area contributed by atoms with Crippen molar-refractivity contribution in [1.29, 1.82) is 0 Å². The third-order valence-corrected chi connectivity index (χ3v) is 8.56. The van der Waals surface area contributed by atoms with Gasteiger partial charge < -0.3 is 41.5 Å². The molecule has 3 unspecified atom stereocenters. The number of phenolic OH excluding ortho intramolecular Hbond substituents is 1. The topological polar surface area (TPSA) is 192 Å². The number of ketones is 1. The van der Waals surface area contributed by atoms with Crippen molar-refractivity contribution in [3.8, 4) is 16.9 Å². The third-order valence-electron chi connectivity index (χ3n) is 8.56. The van der Waals surface area contributed by atoms with Gasteiger partial charge in [0, 0.05) is 55.0 Å². The molecule has 38 heavy (non-hydrogen) atoms. The Hall–Kier alpha value is -4.09. The first-order chi connectivity index (χ1) is 17.9. The van der Waals surface area contributed by atoms with Crippen molar-refractivity contribution in [3.63, 3.8) is 0 Å². The number of rotatable bonds is 3. The van der Waals surface area contributed by atoms with Crippen LogP contribution in [0.25, 0.3) is 11.1 Å². The number of carbonyl (C=O) groups is 2. The number of aromatic nitrogens is 1. The van der Waals surface area contributed by atoms with E-state index in [-0.39, 0.29) is 35.7 Å². The Morgan fingerprint density at radius 3 is 2.53 bits per heavy atom. The summed E-state index contributed by atoms with van der Waals surface area (Å²) in [6.45, 7) is -0.372. The zero-order valence-electron chi connectivity index (χ0n) is 20.9. The Bertz CT molecular complexity index is 1500. The van der Waals surface area contributed by atoms with Crippen molar-refractivity contribution in [2.24, 2.45) is 17.6 Å². The van der Waals surface area contributed by atoms with Crippen LogP contribution in [0.1, 0.15) is 28.8 Å². The average Bonchev–Trinajstić information content (AvgIpc) is 2.83. The number of primary amides is 1. The highest BCUT2D eigenvalue weighted by atomic mass is 16.6. The molecule has 0 radical (unpaired) electrons. The summed E-state index contributed by atoms with van der Waals surface area (Å²) in [7, 11) is 3.66. The van der Waals surface area contributed by atoms with E-state index in [1.807, 2.05) is 19.0 Å². The zero-order chi connectivity index (χ0) is 27.3. The molecule has 1 aliphatic heterocycles. The summed E-state index contributed by atoms with van der Waals surface area (Å²) in [6, 6.07) is 5.07. The van der Waals surface area contributed by atoms with Crippen LogP contribution < -0.4 is 16.4 Å². The Labute approximate surface area is 217 Å². The Kier molecular flexibility index (Phi) is 4.92. The number of anilines is 2. The van der Waals surface area contributed by atoms with Crippen molar-refractivity contribution in [1.82, 2.24) is 4.98 Å². The molecule has 3 aliphatic carbocycles. The van der Waals surface area contributed by atoms with Crippen molar-refractivity contribution >= 4 is 23.2 Å². The second-order valence-corrected chi connectivity index (χ2v) is 10.7. The number of Topliss-reactive ketones (excluding diaryl/α,β-unsaturated/α-hetero) is 1. The molecule has 1 fully saturated rings. The van der Waals surface area contributed by atoms with Gasteiger partial charge >= 0.3 is 0 Å². The van der Waals surface area contributed by atoms with Crippen LogP contribution in [0.2, 0.25) is 0 Å². The number of phenols is 1. The fourth-order valence-electron chi connectivity index (χ4n) is 6.90. The first-order valence-electron chi connectivity index (χ1n) is 12.3. The van der Waals surface area contributed by atoms with E-state index in [4.69, 9.17) is 16.2 Å². The summed E-state index contributed by atoms with van der Waals surface area (Å²) in [4.78, 5) is 32.2. The van der Waals surface area contributed by atoms with Gasteiger partial charge in [-0.2, -0.15) is 0 Å². The number of aromatic hydroxyl groups is 1. The number of amides is 1. The smallest absolute Gasteiger partial charge is 0.251 e. The number of ether oxygens (including phenoxy) is 1. The maximum Gasteiger partial charge on any atom is 0.251 e. The normalized spacial score (nSPS) is 29.6. The van der Waals surface area contributed by atoms with Crippen LogP contribution in [0.15, 0.2) is 47.1 Å². The van der Waals surface area contributed by atoms with E-state index in [9.17, 15) is 30.0 Å². The van der Waals surface area contributed by atoms with Gasteiger partial charge in [-0.15, -0.1) is 0 Å². The van der Waals surface area contributed by atoms with E-state index in [0.29, 0.717) is 35.3 Å². The molecule has 6 rings (SSSR count). The van der Waals surface area contributed by atoms with Gasteiger partial charge in [-0.25, -0.2) is 4.98 Å². The molecule has 1 aromatic heterocycles. The second-order valence-electron chi connectivity index (χ2n) is 10.7. The van der Waals surface area contributed by atoms with Crippen LogP contribution >= 0.6 is 0 Å². The van der Waals surface area contributed by atoms with Gasteiger partial charge in [0.05, 0.1) is 17.7 Å². The number of pyridine rings is 1. The number of aliphatic hydroxyl groups is 3. The SMILES string of the molecule is CN(C)c1cc(-c2ccc(N)nc2)c(O)c2c1CC1CC3CC(O)=C(C(N)=O)C4(O)CO[C@]34C(O)=C1C2=O. The molecule has 2 aromatic rings. The third kappa shape index (κ3) is 2.82. The molecule has 4 aliphatic rings. The summed E-state index contributed by atoms with van der Waals surface area (Å²) in [5.41, 5.74) is 9.24. The van der Waals surface area contributed by atoms with E-state index in [0.717, 1.165) is 5.69 Å². The minimum absolute atomic E-state index is 0.0182. The minimum Gasteiger partial charge on any atom is -0.512 e. The number of allylic oxidation sites excluding steroid dienone is 2. The standard InChI is InChI=1S/C27H28N4O7/c1-31(2)16-8-14(11-3-4-18(28)30-9-11)22(33)20-15(16)6-12-5-13-7-17(32)21(25(29)36)26(37)10-38-27(13,26)24(35)19(12)23(20)34/h3-4,8-9,12-13,32-33,35,37H,5-7,10H2,1-2H3,(H2,28,30)(H2,29,36)/t12?,13?,26?,27-/m0/s1. The molecule has 8 N–H and O–H groups in total. The van der Waals surface area contributed by atoms with Crippen LogP contribution in [0.5, 0.6) is 5.75 Å². The average molecular weight is 521 g/mol. The van der Waals surface area contributed by atoms with Gasteiger partial charge in [0.1, 0.15) is 23.1 Å². The predicted molar refractivity (Wildman–Crippen MR) is 136 cm³/mol. The highest BCUT2D eigenvalue weighted by Crippen LogP contribution is 2.62. The largest absolute Gasteiger partial charge is 0.512 e. The van der Waals surface area contributed by atoms with Gasteiger partial charge in [-0.05, 0) is 42.5 Å². The highest BCUT2D eigenvalue weighted by molar-refractivity contribution is 6.15. The number of carbonyl (C=O) groups excluding carboxylic acids is 2. The van der Waals surface area contributed by atoms with E-state index in [1.54, 1.807) is 18.2 Å². The molecule has 2 heterocycles. The van der Waals surface area contributed by atoms with Gasteiger partial charge in [-0.1, -0.05) is 0 Å². The fraction of sp³-hybridized carbons (Fsp3) is 0.370. The zero-order valence-corrected chi connectivity index (χ0v) is 20.9. The number of nitrogens with two attached hydrogens (primary N) is 2. The van der Waals surface area contributed by atoms with Crippen LogP contribution in [-0.4, -0.2) is 69.0 Å². The Morgan fingerprint density at radius 2 is 1.95 bits per heavy atom. The summed E-state index contributed by atoms with van der Waals surface area (Å²) in [6.07, 6.45) is 2.06. The first-order valence-corrected chi connectivity index (χ1v) is 12.3. The number of benzene rings is 1. The molecule has 1 saturated heterocycles. The fourth-order valence-corrected chi connectivity index (χ4v) is 6.90. The molecular weight excluding hydrogens is 492 g/mol. The van der Waals surface area contributed by atoms with E-state index in [2.05, 4.69) is 4.98 Å². The molecule has 0 saturated carbocycles. The maximum atomic E-state index is 14.1. The molecule has 0 bridgehead atoms. The van der Waals surface area contributed by atoms with E-state index in [1.165, 1.54) is 6.20 Å².